The molecule has 1 aliphatic rings. The fourth-order valence-corrected chi connectivity index (χ4v) is 4.90. The minimum Gasteiger partial charge on any atom is -0.352 e. The molecule has 0 aliphatic heterocycles. The molecular weight excluding hydrogens is 378 g/mol. The zero-order chi connectivity index (χ0) is 19.1. The first-order valence-electron chi connectivity index (χ1n) is 9.05. The van der Waals surface area contributed by atoms with Crippen molar-refractivity contribution in [1.29, 1.82) is 0 Å². The van der Waals surface area contributed by atoms with Crippen LogP contribution in [0.15, 0.2) is 47.3 Å². The van der Waals surface area contributed by atoms with Crippen LogP contribution in [-0.2, 0) is 9.59 Å². The number of nitrogens with zero attached hydrogens (tertiary/aromatic N) is 1. The summed E-state index contributed by atoms with van der Waals surface area (Å²) in [4.78, 5) is 29.1. The smallest absolute Gasteiger partial charge is 0.230 e. The molecule has 7 heteroatoms. The van der Waals surface area contributed by atoms with Gasteiger partial charge in [0.25, 0.3) is 0 Å². The van der Waals surface area contributed by atoms with Crippen LogP contribution in [0.2, 0.25) is 0 Å². The highest BCUT2D eigenvalue weighted by molar-refractivity contribution is 8.01. The maximum atomic E-state index is 12.6. The van der Waals surface area contributed by atoms with E-state index in [-0.39, 0.29) is 23.5 Å². The summed E-state index contributed by atoms with van der Waals surface area (Å²) in [6.45, 7) is 4.04. The quantitative estimate of drug-likeness (QED) is 0.510. The second kappa shape index (κ2) is 9.71. The van der Waals surface area contributed by atoms with Gasteiger partial charge >= 0.3 is 0 Å². The summed E-state index contributed by atoms with van der Waals surface area (Å²) in [7, 11) is 0. The van der Waals surface area contributed by atoms with Gasteiger partial charge in [-0.3, -0.25) is 9.59 Å². The van der Waals surface area contributed by atoms with Crippen LogP contribution in [0.4, 0.5) is 5.00 Å². The number of amides is 2. The highest BCUT2D eigenvalue weighted by Gasteiger charge is 2.25. The average Bonchev–Trinajstić information content (AvgIpc) is 3.35. The predicted octanol–water partition coefficient (Wildman–Crippen LogP) is 4.33. The van der Waals surface area contributed by atoms with E-state index in [1.165, 1.54) is 23.1 Å². The summed E-state index contributed by atoms with van der Waals surface area (Å²) < 4.78 is 0.768. The topological polar surface area (TPSA) is 71.1 Å². The van der Waals surface area contributed by atoms with Crippen molar-refractivity contribution in [2.75, 3.05) is 17.6 Å². The first kappa shape index (κ1) is 19.6. The van der Waals surface area contributed by atoms with Crippen LogP contribution in [0.5, 0.6) is 0 Å². The Bertz CT molecular complexity index is 799. The lowest BCUT2D eigenvalue weighted by Crippen LogP contribution is -2.24. The molecular formula is C20H23N3O2S2. The maximum absolute atomic E-state index is 12.6. The molecule has 1 aliphatic carbocycles. The SMILES string of the molecule is C=CCNC(=O)CSc1nc(-c2ccccc2)c(NC(=O)C2CCCC2)s1. The van der Waals surface area contributed by atoms with Gasteiger partial charge in [0.15, 0.2) is 4.34 Å². The predicted molar refractivity (Wildman–Crippen MR) is 112 cm³/mol. The molecule has 0 saturated heterocycles. The number of carbonyl (C=O) groups is 2. The summed E-state index contributed by atoms with van der Waals surface area (Å²) in [5, 5.41) is 6.59. The number of anilines is 1. The Labute approximate surface area is 167 Å². The van der Waals surface area contributed by atoms with Crippen LogP contribution >= 0.6 is 23.1 Å². The summed E-state index contributed by atoms with van der Waals surface area (Å²) in [6, 6.07) is 9.81. The van der Waals surface area contributed by atoms with Gasteiger partial charge in [-0.05, 0) is 12.8 Å². The van der Waals surface area contributed by atoms with Gasteiger partial charge in [-0.15, -0.1) is 6.58 Å². The number of carbonyl (C=O) groups excluding carboxylic acids is 2. The first-order chi connectivity index (χ1) is 13.2. The van der Waals surface area contributed by atoms with Crippen LogP contribution in [0.25, 0.3) is 11.3 Å². The number of nitrogens with one attached hydrogen (secondary N) is 2. The zero-order valence-electron chi connectivity index (χ0n) is 15.1. The number of hydrogen-bond donors (Lipinski definition) is 2. The van der Waals surface area contributed by atoms with Gasteiger partial charge in [0, 0.05) is 18.0 Å². The molecule has 0 radical (unpaired) electrons. The first-order valence-corrected chi connectivity index (χ1v) is 10.8. The molecule has 2 aromatic rings. The van der Waals surface area contributed by atoms with Crippen molar-refractivity contribution in [3.05, 3.63) is 43.0 Å². The number of hydrogen-bond acceptors (Lipinski definition) is 5. The Morgan fingerprint density at radius 3 is 2.70 bits per heavy atom. The minimum atomic E-state index is -0.0621. The highest BCUT2D eigenvalue weighted by Crippen LogP contribution is 2.38. The molecule has 1 saturated carbocycles. The van der Waals surface area contributed by atoms with E-state index in [9.17, 15) is 9.59 Å². The third-order valence-electron chi connectivity index (χ3n) is 4.39. The fourth-order valence-electron chi connectivity index (χ4n) is 3.00. The van der Waals surface area contributed by atoms with Crippen LogP contribution in [0, 0.1) is 5.92 Å². The van der Waals surface area contributed by atoms with Gasteiger partial charge in [-0.25, -0.2) is 4.98 Å². The van der Waals surface area contributed by atoms with E-state index in [0.29, 0.717) is 6.54 Å². The molecule has 1 fully saturated rings. The molecule has 27 heavy (non-hydrogen) atoms. The lowest BCUT2D eigenvalue weighted by atomic mass is 10.1. The van der Waals surface area contributed by atoms with Crippen molar-refractivity contribution in [3.8, 4) is 11.3 Å². The third kappa shape index (κ3) is 5.43. The molecule has 5 nitrogen and oxygen atoms in total. The van der Waals surface area contributed by atoms with E-state index in [4.69, 9.17) is 0 Å². The molecule has 0 atom stereocenters. The van der Waals surface area contributed by atoms with Crippen molar-refractivity contribution in [2.45, 2.75) is 30.0 Å². The Morgan fingerprint density at radius 1 is 1.26 bits per heavy atom. The van der Waals surface area contributed by atoms with Crippen molar-refractivity contribution in [1.82, 2.24) is 10.3 Å². The molecule has 1 aromatic heterocycles. The fraction of sp³-hybridized carbons (Fsp3) is 0.350. The second-order valence-electron chi connectivity index (χ2n) is 6.38. The number of benzene rings is 1. The molecule has 1 heterocycles. The van der Waals surface area contributed by atoms with Crippen LogP contribution < -0.4 is 10.6 Å². The van der Waals surface area contributed by atoms with Crippen molar-refractivity contribution >= 4 is 39.9 Å². The normalized spacial score (nSPS) is 14.1. The van der Waals surface area contributed by atoms with E-state index in [0.717, 1.165) is 46.3 Å². The standard InChI is InChI=1S/C20H23N3O2S2/c1-2-12-21-16(24)13-26-20-22-17(14-8-4-3-5-9-14)19(27-20)23-18(25)15-10-6-7-11-15/h2-5,8-9,15H,1,6-7,10-13H2,(H,21,24)(H,23,25). The lowest BCUT2D eigenvalue weighted by Gasteiger charge is -2.09. The summed E-state index contributed by atoms with van der Waals surface area (Å²) in [6.07, 6.45) is 5.80. The van der Waals surface area contributed by atoms with Gasteiger partial charge in [0.05, 0.1) is 5.75 Å². The number of thioether (sulfide) groups is 1. The largest absolute Gasteiger partial charge is 0.352 e. The average molecular weight is 402 g/mol. The molecule has 1 aromatic carbocycles. The second-order valence-corrected chi connectivity index (χ2v) is 8.60. The van der Waals surface area contributed by atoms with E-state index in [1.54, 1.807) is 6.08 Å². The molecule has 0 bridgehead atoms. The van der Waals surface area contributed by atoms with Crippen LogP contribution in [0.1, 0.15) is 25.7 Å². The van der Waals surface area contributed by atoms with Crippen molar-refractivity contribution in [3.63, 3.8) is 0 Å². The molecule has 0 spiro atoms. The Morgan fingerprint density at radius 2 is 2.00 bits per heavy atom. The maximum Gasteiger partial charge on any atom is 0.230 e. The number of aromatic nitrogens is 1. The monoisotopic (exact) mass is 401 g/mol. The Balaban J connectivity index is 1.75. The van der Waals surface area contributed by atoms with E-state index in [2.05, 4.69) is 22.2 Å². The third-order valence-corrected chi connectivity index (χ3v) is 6.50. The van der Waals surface area contributed by atoms with Gasteiger partial charge in [0.2, 0.25) is 11.8 Å². The van der Waals surface area contributed by atoms with Gasteiger partial charge in [-0.1, -0.05) is 72.3 Å². The molecule has 2 amide bonds. The summed E-state index contributed by atoms with van der Waals surface area (Å²) >= 11 is 2.80. The van der Waals surface area contributed by atoms with E-state index < -0.39 is 0 Å². The van der Waals surface area contributed by atoms with Gasteiger partial charge in [-0.2, -0.15) is 0 Å². The highest BCUT2D eigenvalue weighted by atomic mass is 32.2. The van der Waals surface area contributed by atoms with Crippen molar-refractivity contribution in [2.24, 2.45) is 5.92 Å². The summed E-state index contributed by atoms with van der Waals surface area (Å²) in [5.41, 5.74) is 1.72. The van der Waals surface area contributed by atoms with E-state index in [1.807, 2.05) is 30.3 Å². The van der Waals surface area contributed by atoms with Gasteiger partial charge in [0.1, 0.15) is 10.7 Å². The summed E-state index contributed by atoms with van der Waals surface area (Å²) in [5.74, 6) is 0.393. The Kier molecular flexibility index (Phi) is 7.06. The van der Waals surface area contributed by atoms with Crippen molar-refractivity contribution < 1.29 is 9.59 Å². The zero-order valence-corrected chi connectivity index (χ0v) is 16.7. The van der Waals surface area contributed by atoms with Gasteiger partial charge < -0.3 is 10.6 Å². The lowest BCUT2D eigenvalue weighted by molar-refractivity contribution is -0.120. The van der Waals surface area contributed by atoms with Crippen LogP contribution in [0.3, 0.4) is 0 Å². The van der Waals surface area contributed by atoms with Crippen LogP contribution in [-0.4, -0.2) is 29.1 Å². The molecule has 142 valence electrons. The molecule has 3 rings (SSSR count). The molecule has 2 N–H and O–H groups in total. The number of rotatable bonds is 8. The van der Waals surface area contributed by atoms with E-state index >= 15 is 0 Å². The minimum absolute atomic E-state index is 0.0621. The molecule has 0 unspecified atom stereocenters. The Hall–Kier alpha value is -2.12. The number of thiazole rings is 1.